The van der Waals surface area contributed by atoms with Crippen LogP contribution in [0.2, 0.25) is 0 Å². The number of carbonyl (C=O) groups excluding carboxylic acids is 1. The quantitative estimate of drug-likeness (QED) is 0.733. The summed E-state index contributed by atoms with van der Waals surface area (Å²) in [5.74, 6) is -0.553. The highest BCUT2D eigenvalue weighted by atomic mass is 16.4. The van der Waals surface area contributed by atoms with E-state index >= 15 is 0 Å². The Balaban J connectivity index is 1.79. The molecule has 2 saturated carbocycles. The van der Waals surface area contributed by atoms with Crippen LogP contribution in [0.3, 0.4) is 0 Å². The van der Waals surface area contributed by atoms with Gasteiger partial charge in [-0.15, -0.1) is 0 Å². The molecule has 5 heteroatoms. The van der Waals surface area contributed by atoms with Crippen molar-refractivity contribution in [2.45, 2.75) is 64.0 Å². The van der Waals surface area contributed by atoms with Gasteiger partial charge in [0.25, 0.3) is 0 Å². The van der Waals surface area contributed by atoms with E-state index < -0.39 is 11.9 Å². The van der Waals surface area contributed by atoms with Crippen molar-refractivity contribution in [3.63, 3.8) is 0 Å². The van der Waals surface area contributed by atoms with Gasteiger partial charge in [0.1, 0.15) is 0 Å². The molecular formula is C14H24N2O3. The normalized spacial score (nSPS) is 34.8. The van der Waals surface area contributed by atoms with Crippen LogP contribution in [0, 0.1) is 11.8 Å². The highest BCUT2D eigenvalue weighted by molar-refractivity contribution is 5.77. The van der Waals surface area contributed by atoms with E-state index in [1.54, 1.807) is 0 Å². The van der Waals surface area contributed by atoms with Crippen LogP contribution in [0.25, 0.3) is 0 Å². The van der Waals surface area contributed by atoms with Crippen LogP contribution >= 0.6 is 0 Å². The molecule has 0 radical (unpaired) electrons. The molecule has 2 rings (SSSR count). The SMILES string of the molecule is CC1CCCC(NC(=O)NC2CCCC2C(=O)O)C1. The molecule has 3 N–H and O–H groups in total. The van der Waals surface area contributed by atoms with Crippen molar-refractivity contribution in [3.8, 4) is 0 Å². The van der Waals surface area contributed by atoms with Crippen molar-refractivity contribution in [3.05, 3.63) is 0 Å². The first-order chi connectivity index (χ1) is 9.06. The second-order valence-electron chi connectivity index (χ2n) is 6.07. The molecule has 0 saturated heterocycles. The molecule has 0 heterocycles. The van der Waals surface area contributed by atoms with Gasteiger partial charge in [-0.25, -0.2) is 4.79 Å². The molecule has 0 aromatic carbocycles. The molecule has 0 aromatic rings. The van der Waals surface area contributed by atoms with Crippen molar-refractivity contribution in [1.82, 2.24) is 10.6 Å². The van der Waals surface area contributed by atoms with Crippen LogP contribution in [-0.2, 0) is 4.79 Å². The molecule has 108 valence electrons. The van der Waals surface area contributed by atoms with E-state index in [1.807, 2.05) is 0 Å². The van der Waals surface area contributed by atoms with E-state index in [-0.39, 0.29) is 18.1 Å². The first-order valence-corrected chi connectivity index (χ1v) is 7.36. The number of aliphatic carboxylic acids is 1. The van der Waals surface area contributed by atoms with Crippen LogP contribution in [0.4, 0.5) is 4.79 Å². The standard InChI is InChI=1S/C14H24N2O3/c1-9-4-2-5-10(8-9)15-14(19)16-12-7-3-6-11(12)13(17)18/h9-12H,2-8H2,1H3,(H,17,18)(H2,15,16,19). The van der Waals surface area contributed by atoms with Crippen molar-refractivity contribution < 1.29 is 14.7 Å². The highest BCUT2D eigenvalue weighted by Gasteiger charge is 2.34. The number of amides is 2. The van der Waals surface area contributed by atoms with Gasteiger partial charge in [0.2, 0.25) is 0 Å². The van der Waals surface area contributed by atoms with E-state index in [4.69, 9.17) is 5.11 Å². The van der Waals surface area contributed by atoms with E-state index in [0.29, 0.717) is 12.3 Å². The smallest absolute Gasteiger partial charge is 0.315 e. The summed E-state index contributed by atoms with van der Waals surface area (Å²) < 4.78 is 0. The zero-order valence-corrected chi connectivity index (χ0v) is 11.5. The molecule has 2 aliphatic carbocycles. The van der Waals surface area contributed by atoms with Gasteiger partial charge in [-0.3, -0.25) is 4.79 Å². The minimum absolute atomic E-state index is 0.197. The van der Waals surface area contributed by atoms with Crippen molar-refractivity contribution in [2.24, 2.45) is 11.8 Å². The Labute approximate surface area is 114 Å². The minimum atomic E-state index is -0.797. The number of carboxylic acids is 1. The van der Waals surface area contributed by atoms with Crippen molar-refractivity contribution in [1.29, 1.82) is 0 Å². The second-order valence-corrected chi connectivity index (χ2v) is 6.07. The molecule has 19 heavy (non-hydrogen) atoms. The summed E-state index contributed by atoms with van der Waals surface area (Å²) >= 11 is 0. The van der Waals surface area contributed by atoms with Gasteiger partial charge in [0.15, 0.2) is 0 Å². The third-order valence-corrected chi connectivity index (χ3v) is 4.42. The van der Waals surface area contributed by atoms with Gasteiger partial charge in [0.05, 0.1) is 5.92 Å². The number of hydrogen-bond donors (Lipinski definition) is 3. The number of rotatable bonds is 3. The topological polar surface area (TPSA) is 78.4 Å². The molecule has 2 amide bonds. The second kappa shape index (κ2) is 6.26. The van der Waals surface area contributed by atoms with E-state index in [0.717, 1.165) is 32.1 Å². The summed E-state index contributed by atoms with van der Waals surface area (Å²) in [6.45, 7) is 2.21. The lowest BCUT2D eigenvalue weighted by molar-refractivity contribution is -0.142. The van der Waals surface area contributed by atoms with E-state index in [9.17, 15) is 9.59 Å². The molecule has 2 aliphatic rings. The average molecular weight is 268 g/mol. The zero-order chi connectivity index (χ0) is 13.8. The maximum Gasteiger partial charge on any atom is 0.315 e. The number of nitrogens with one attached hydrogen (secondary N) is 2. The maximum absolute atomic E-state index is 11.9. The minimum Gasteiger partial charge on any atom is -0.481 e. The molecule has 0 aromatic heterocycles. The van der Waals surface area contributed by atoms with Gasteiger partial charge in [-0.1, -0.05) is 26.2 Å². The van der Waals surface area contributed by atoms with Gasteiger partial charge in [-0.05, 0) is 31.6 Å². The summed E-state index contributed by atoms with van der Waals surface area (Å²) in [4.78, 5) is 23.0. The molecule has 0 aliphatic heterocycles. The Morgan fingerprint density at radius 1 is 1.05 bits per heavy atom. The fourth-order valence-corrected chi connectivity index (χ4v) is 3.39. The number of hydrogen-bond acceptors (Lipinski definition) is 2. The predicted octanol–water partition coefficient (Wildman–Crippen LogP) is 2.12. The van der Waals surface area contributed by atoms with Crippen molar-refractivity contribution >= 4 is 12.0 Å². The Morgan fingerprint density at radius 2 is 1.79 bits per heavy atom. The summed E-state index contributed by atoms with van der Waals surface area (Å²) in [6.07, 6.45) is 6.77. The lowest BCUT2D eigenvalue weighted by atomic mass is 9.87. The summed E-state index contributed by atoms with van der Waals surface area (Å²) in [7, 11) is 0. The number of urea groups is 1. The van der Waals surface area contributed by atoms with Gasteiger partial charge < -0.3 is 15.7 Å². The van der Waals surface area contributed by atoms with E-state index in [1.165, 1.54) is 6.42 Å². The molecule has 0 bridgehead atoms. The highest BCUT2D eigenvalue weighted by Crippen LogP contribution is 2.26. The Bertz CT molecular complexity index is 346. The largest absolute Gasteiger partial charge is 0.481 e. The first-order valence-electron chi connectivity index (χ1n) is 7.36. The fourth-order valence-electron chi connectivity index (χ4n) is 3.39. The monoisotopic (exact) mass is 268 g/mol. The Hall–Kier alpha value is -1.26. The molecule has 4 unspecified atom stereocenters. The van der Waals surface area contributed by atoms with Crippen LogP contribution in [0.15, 0.2) is 0 Å². The van der Waals surface area contributed by atoms with Gasteiger partial charge in [0, 0.05) is 12.1 Å². The number of carboxylic acid groups (broad SMARTS) is 1. The Morgan fingerprint density at radius 3 is 2.47 bits per heavy atom. The van der Waals surface area contributed by atoms with Crippen LogP contribution < -0.4 is 10.6 Å². The predicted molar refractivity (Wildman–Crippen MR) is 71.9 cm³/mol. The summed E-state index contributed by atoms with van der Waals surface area (Å²) in [5.41, 5.74) is 0. The molecule has 2 fully saturated rings. The molecule has 4 atom stereocenters. The summed E-state index contributed by atoms with van der Waals surface area (Å²) in [6, 6.07) is -0.163. The third-order valence-electron chi connectivity index (χ3n) is 4.42. The maximum atomic E-state index is 11.9. The van der Waals surface area contributed by atoms with Crippen molar-refractivity contribution in [2.75, 3.05) is 0 Å². The third kappa shape index (κ3) is 3.85. The average Bonchev–Trinajstić information content (AvgIpc) is 2.76. The zero-order valence-electron chi connectivity index (χ0n) is 11.5. The van der Waals surface area contributed by atoms with Gasteiger partial charge >= 0.3 is 12.0 Å². The fraction of sp³-hybridized carbons (Fsp3) is 0.857. The lowest BCUT2D eigenvalue weighted by Crippen LogP contribution is -2.49. The van der Waals surface area contributed by atoms with Crippen LogP contribution in [0.1, 0.15) is 51.9 Å². The first kappa shape index (κ1) is 14.2. The van der Waals surface area contributed by atoms with Crippen LogP contribution in [0.5, 0.6) is 0 Å². The number of carbonyl (C=O) groups is 2. The molecule has 0 spiro atoms. The van der Waals surface area contributed by atoms with E-state index in [2.05, 4.69) is 17.6 Å². The Kier molecular flexibility index (Phi) is 4.66. The summed E-state index contributed by atoms with van der Waals surface area (Å²) in [5, 5.41) is 14.9. The van der Waals surface area contributed by atoms with Crippen LogP contribution in [-0.4, -0.2) is 29.2 Å². The lowest BCUT2D eigenvalue weighted by Gasteiger charge is -2.28. The molecular weight excluding hydrogens is 244 g/mol. The molecule has 5 nitrogen and oxygen atoms in total. The van der Waals surface area contributed by atoms with Gasteiger partial charge in [-0.2, -0.15) is 0 Å².